The Hall–Kier alpha value is -1.87. The summed E-state index contributed by atoms with van der Waals surface area (Å²) < 4.78 is 25.8. The Bertz CT molecular complexity index is 903. The fourth-order valence-corrected chi connectivity index (χ4v) is 5.35. The number of hydrogen-bond donors (Lipinski definition) is 1. The van der Waals surface area contributed by atoms with Gasteiger partial charge in [-0.25, -0.2) is 8.42 Å². The lowest BCUT2D eigenvalue weighted by atomic mass is 10.1. The van der Waals surface area contributed by atoms with E-state index in [1.165, 1.54) is 0 Å². The lowest BCUT2D eigenvalue weighted by Crippen LogP contribution is -2.29. The van der Waals surface area contributed by atoms with Crippen LogP contribution in [0.25, 0.3) is 0 Å². The highest BCUT2D eigenvalue weighted by Crippen LogP contribution is 2.55. The highest BCUT2D eigenvalue weighted by molar-refractivity contribution is 7.92. The highest BCUT2D eigenvalue weighted by atomic mass is 35.5. The van der Waals surface area contributed by atoms with Crippen molar-refractivity contribution in [3.63, 3.8) is 0 Å². The van der Waals surface area contributed by atoms with E-state index in [0.717, 1.165) is 5.56 Å². The minimum Gasteiger partial charge on any atom is -0.312 e. The van der Waals surface area contributed by atoms with Crippen LogP contribution in [0.3, 0.4) is 0 Å². The van der Waals surface area contributed by atoms with E-state index >= 15 is 0 Å². The molecule has 118 valence electrons. The van der Waals surface area contributed by atoms with Crippen LogP contribution >= 0.6 is 11.6 Å². The molecule has 2 aromatic rings. The maximum absolute atomic E-state index is 12.9. The summed E-state index contributed by atoms with van der Waals surface area (Å²) >= 11 is 5.98. The zero-order chi connectivity index (χ0) is 16.8. The molecule has 2 N–H and O–H groups in total. The molecular weight excluding hydrogens is 332 g/mol. The number of nitrogens with zero attached hydrogens (tertiary/aromatic N) is 1. The van der Waals surface area contributed by atoms with Gasteiger partial charge in [0.1, 0.15) is 10.8 Å². The number of nitrogens with two attached hydrogens (primary N) is 1. The molecule has 0 aromatic heterocycles. The monoisotopic (exact) mass is 346 g/mol. The molecule has 4 nitrogen and oxygen atoms in total. The number of aryl methyl sites for hydroxylation is 1. The Morgan fingerprint density at radius 3 is 2.43 bits per heavy atom. The highest BCUT2D eigenvalue weighted by Gasteiger charge is 2.70. The first-order chi connectivity index (χ1) is 10.8. The maximum atomic E-state index is 12.9. The van der Waals surface area contributed by atoms with E-state index in [-0.39, 0.29) is 4.90 Å². The molecule has 1 fully saturated rings. The van der Waals surface area contributed by atoms with Crippen molar-refractivity contribution in [2.75, 3.05) is 0 Å². The summed E-state index contributed by atoms with van der Waals surface area (Å²) in [6.07, 6.45) is 0. The van der Waals surface area contributed by atoms with Gasteiger partial charge in [0.15, 0.2) is 9.84 Å². The summed E-state index contributed by atoms with van der Waals surface area (Å²) in [5, 5.41) is 8.93. The van der Waals surface area contributed by atoms with E-state index in [0.29, 0.717) is 10.6 Å². The quantitative estimate of drug-likeness (QED) is 0.926. The third-order valence-electron chi connectivity index (χ3n) is 4.26. The number of hydrogen-bond acceptors (Lipinski definition) is 4. The van der Waals surface area contributed by atoms with E-state index < -0.39 is 26.5 Å². The molecular formula is C17H15ClN2O2S. The summed E-state index contributed by atoms with van der Waals surface area (Å²) in [7, 11) is -3.70. The van der Waals surface area contributed by atoms with Gasteiger partial charge < -0.3 is 5.73 Å². The molecule has 2 aromatic carbocycles. The van der Waals surface area contributed by atoms with Crippen LogP contribution in [0, 0.1) is 18.3 Å². The molecule has 0 radical (unpaired) electrons. The maximum Gasteiger partial charge on any atom is 0.184 e. The van der Waals surface area contributed by atoms with Crippen LogP contribution in [0.1, 0.15) is 17.0 Å². The molecule has 0 spiro atoms. The SMILES string of the molecule is Cc1ccc(S(=O)(=O)[C@H]2[C@@H](c3cccc(Cl)c3)[C@@]2(N)C#N)cc1. The van der Waals surface area contributed by atoms with Crippen molar-refractivity contribution in [1.29, 1.82) is 5.26 Å². The number of benzene rings is 2. The van der Waals surface area contributed by atoms with E-state index in [1.807, 2.05) is 13.0 Å². The number of rotatable bonds is 3. The van der Waals surface area contributed by atoms with Crippen LogP contribution in [-0.2, 0) is 9.84 Å². The minimum absolute atomic E-state index is 0.183. The third-order valence-corrected chi connectivity index (χ3v) is 6.76. The Morgan fingerprint density at radius 2 is 1.87 bits per heavy atom. The Morgan fingerprint density at radius 1 is 1.22 bits per heavy atom. The van der Waals surface area contributed by atoms with Gasteiger partial charge in [-0.05, 0) is 36.8 Å². The van der Waals surface area contributed by atoms with E-state index in [1.54, 1.807) is 48.5 Å². The normalized spacial score (nSPS) is 26.5. The molecule has 0 heterocycles. The van der Waals surface area contributed by atoms with Crippen molar-refractivity contribution in [3.8, 4) is 6.07 Å². The molecule has 0 bridgehead atoms. The summed E-state index contributed by atoms with van der Waals surface area (Å²) in [6.45, 7) is 1.88. The van der Waals surface area contributed by atoms with Gasteiger partial charge in [-0.3, -0.25) is 0 Å². The molecule has 1 saturated carbocycles. The second kappa shape index (κ2) is 5.34. The van der Waals surface area contributed by atoms with Gasteiger partial charge >= 0.3 is 0 Å². The molecule has 1 aliphatic carbocycles. The van der Waals surface area contributed by atoms with Gasteiger partial charge in [0, 0.05) is 10.9 Å². The molecule has 23 heavy (non-hydrogen) atoms. The lowest BCUT2D eigenvalue weighted by Gasteiger charge is -2.05. The summed E-state index contributed by atoms with van der Waals surface area (Å²) in [6, 6.07) is 15.4. The van der Waals surface area contributed by atoms with E-state index in [9.17, 15) is 13.7 Å². The van der Waals surface area contributed by atoms with Gasteiger partial charge in [-0.1, -0.05) is 41.4 Å². The van der Waals surface area contributed by atoms with Crippen molar-refractivity contribution in [1.82, 2.24) is 0 Å². The second-order valence-electron chi connectivity index (χ2n) is 5.86. The van der Waals surface area contributed by atoms with Crippen LogP contribution in [0.5, 0.6) is 0 Å². The first-order valence-corrected chi connectivity index (χ1v) is 8.99. The topological polar surface area (TPSA) is 83.9 Å². The van der Waals surface area contributed by atoms with Gasteiger partial charge in [0.2, 0.25) is 0 Å². The molecule has 1 aliphatic rings. The molecule has 3 rings (SSSR count). The zero-order valence-corrected chi connectivity index (χ0v) is 14.0. The summed E-state index contributed by atoms with van der Waals surface area (Å²) in [5.41, 5.74) is 6.28. The van der Waals surface area contributed by atoms with Crippen LogP contribution in [-0.4, -0.2) is 19.2 Å². The fourth-order valence-electron chi connectivity index (χ4n) is 2.97. The van der Waals surface area contributed by atoms with Crippen molar-refractivity contribution in [2.45, 2.75) is 28.5 Å². The van der Waals surface area contributed by atoms with E-state index in [4.69, 9.17) is 17.3 Å². The van der Waals surface area contributed by atoms with E-state index in [2.05, 4.69) is 0 Å². The standard InChI is InChI=1S/C17H15ClN2O2S/c1-11-5-7-14(8-6-11)23(21,22)16-15(17(16,20)10-19)12-3-2-4-13(18)9-12/h2-9,15-16H,20H2,1H3/t15-,16+,17+/m1/s1. The lowest BCUT2D eigenvalue weighted by molar-refractivity contribution is 0.592. The number of nitriles is 1. The van der Waals surface area contributed by atoms with Gasteiger partial charge in [-0.2, -0.15) is 5.26 Å². The first-order valence-electron chi connectivity index (χ1n) is 7.07. The average Bonchev–Trinajstić information content (AvgIpc) is 3.15. The number of sulfone groups is 1. The fraction of sp³-hybridized carbons (Fsp3) is 0.235. The van der Waals surface area contributed by atoms with Gasteiger partial charge in [-0.15, -0.1) is 0 Å². The molecule has 0 saturated heterocycles. The number of halogens is 1. The molecule has 0 amide bonds. The van der Waals surface area contributed by atoms with Gasteiger partial charge in [0.05, 0.1) is 11.0 Å². The minimum atomic E-state index is -3.70. The predicted octanol–water partition coefficient (Wildman–Crippen LogP) is 2.81. The second-order valence-corrected chi connectivity index (χ2v) is 8.36. The zero-order valence-electron chi connectivity index (χ0n) is 12.4. The molecule has 0 aliphatic heterocycles. The molecule has 3 atom stereocenters. The molecule has 6 heteroatoms. The Balaban J connectivity index is 2.05. The van der Waals surface area contributed by atoms with Crippen LogP contribution in [0.15, 0.2) is 53.4 Å². The summed E-state index contributed by atoms with van der Waals surface area (Å²) in [5.74, 6) is -0.586. The smallest absolute Gasteiger partial charge is 0.184 e. The van der Waals surface area contributed by atoms with Crippen LogP contribution in [0.2, 0.25) is 5.02 Å². The molecule has 0 unspecified atom stereocenters. The van der Waals surface area contributed by atoms with Crippen LogP contribution in [0.4, 0.5) is 0 Å². The van der Waals surface area contributed by atoms with Crippen molar-refractivity contribution in [3.05, 3.63) is 64.7 Å². The van der Waals surface area contributed by atoms with Crippen molar-refractivity contribution >= 4 is 21.4 Å². The third kappa shape index (κ3) is 2.53. The van der Waals surface area contributed by atoms with Gasteiger partial charge in [0.25, 0.3) is 0 Å². The average molecular weight is 347 g/mol. The largest absolute Gasteiger partial charge is 0.312 e. The van der Waals surface area contributed by atoms with Crippen molar-refractivity contribution < 1.29 is 8.42 Å². The van der Waals surface area contributed by atoms with Crippen molar-refractivity contribution in [2.24, 2.45) is 5.73 Å². The Labute approximate surface area is 140 Å². The predicted molar refractivity (Wildman–Crippen MR) is 88.9 cm³/mol. The Kier molecular flexibility index (Phi) is 3.72. The summed E-state index contributed by atoms with van der Waals surface area (Å²) in [4.78, 5) is 0.183. The van der Waals surface area contributed by atoms with Crippen LogP contribution < -0.4 is 5.73 Å². The first kappa shape index (κ1) is 16.0.